The Bertz CT molecular complexity index is 490. The molecule has 0 radical (unpaired) electrons. The van der Waals surface area contributed by atoms with E-state index in [1.54, 1.807) is 18.5 Å². The van der Waals surface area contributed by atoms with Crippen molar-refractivity contribution in [2.45, 2.75) is 19.8 Å². The molecule has 1 aromatic rings. The van der Waals surface area contributed by atoms with Crippen molar-refractivity contribution in [2.24, 2.45) is 0 Å². The number of ketones is 1. The Morgan fingerprint density at radius 3 is 2.63 bits per heavy atom. The molecule has 5 nitrogen and oxygen atoms in total. The van der Waals surface area contributed by atoms with Gasteiger partial charge in [-0.2, -0.15) is 0 Å². The molecule has 2 heterocycles. The lowest BCUT2D eigenvalue weighted by Gasteiger charge is -2.15. The average Bonchev–Trinajstić information content (AvgIpc) is 2.89. The van der Waals surface area contributed by atoms with Gasteiger partial charge >= 0.3 is 0 Å². The van der Waals surface area contributed by atoms with Crippen molar-refractivity contribution in [1.82, 2.24) is 14.9 Å². The van der Waals surface area contributed by atoms with Crippen LogP contribution in [0, 0.1) is 6.92 Å². The van der Waals surface area contributed by atoms with Crippen LogP contribution in [0.1, 0.15) is 28.9 Å². The molecule has 0 saturated carbocycles. The minimum absolute atomic E-state index is 0.0563. The van der Waals surface area contributed by atoms with E-state index in [4.69, 9.17) is 0 Å². The van der Waals surface area contributed by atoms with Gasteiger partial charge in [-0.1, -0.05) is 0 Å². The van der Waals surface area contributed by atoms with Gasteiger partial charge in [0.2, 0.25) is 5.95 Å². The molecule has 0 unspecified atom stereocenters. The van der Waals surface area contributed by atoms with E-state index in [2.05, 4.69) is 14.9 Å². The van der Waals surface area contributed by atoms with E-state index in [0.717, 1.165) is 24.7 Å². The van der Waals surface area contributed by atoms with Gasteiger partial charge < -0.3 is 9.80 Å². The monoisotopic (exact) mass is 260 g/mol. The highest BCUT2D eigenvalue weighted by Crippen LogP contribution is 2.17. The van der Waals surface area contributed by atoms with Crippen LogP contribution in [0.2, 0.25) is 0 Å². The molecule has 19 heavy (non-hydrogen) atoms. The molecular formula is C14H20N4O. The molecule has 0 atom stereocenters. The topological polar surface area (TPSA) is 49.3 Å². The summed E-state index contributed by atoms with van der Waals surface area (Å²) in [5, 5.41) is 0. The van der Waals surface area contributed by atoms with E-state index >= 15 is 0 Å². The van der Waals surface area contributed by atoms with Crippen LogP contribution in [-0.2, 0) is 0 Å². The van der Waals surface area contributed by atoms with Crippen molar-refractivity contribution in [1.29, 1.82) is 0 Å². The predicted molar refractivity (Wildman–Crippen MR) is 75.4 cm³/mol. The van der Waals surface area contributed by atoms with Gasteiger partial charge in [-0.3, -0.25) is 4.79 Å². The zero-order valence-electron chi connectivity index (χ0n) is 11.8. The van der Waals surface area contributed by atoms with Crippen LogP contribution < -0.4 is 4.90 Å². The summed E-state index contributed by atoms with van der Waals surface area (Å²) in [5.74, 6) is 0.683. The molecule has 0 aromatic carbocycles. The first-order valence-corrected chi connectivity index (χ1v) is 6.55. The summed E-state index contributed by atoms with van der Waals surface area (Å²) in [5.41, 5.74) is 1.31. The van der Waals surface area contributed by atoms with Gasteiger partial charge in [0.25, 0.3) is 0 Å². The minimum atomic E-state index is -0.0563. The van der Waals surface area contributed by atoms with Crippen LogP contribution in [0.25, 0.3) is 0 Å². The summed E-state index contributed by atoms with van der Waals surface area (Å²) in [6, 6.07) is 0. The quantitative estimate of drug-likeness (QED) is 0.608. The van der Waals surface area contributed by atoms with E-state index in [1.165, 1.54) is 12.8 Å². The molecule has 0 bridgehead atoms. The minimum Gasteiger partial charge on any atom is -0.383 e. The number of aromatic nitrogens is 2. The number of carbonyl (C=O) groups is 1. The van der Waals surface area contributed by atoms with E-state index in [0.29, 0.717) is 5.56 Å². The van der Waals surface area contributed by atoms with Crippen LogP contribution in [-0.4, -0.2) is 47.8 Å². The molecule has 1 aromatic heterocycles. The highest BCUT2D eigenvalue weighted by atomic mass is 16.1. The van der Waals surface area contributed by atoms with E-state index < -0.39 is 0 Å². The van der Waals surface area contributed by atoms with Crippen molar-refractivity contribution < 1.29 is 4.79 Å². The van der Waals surface area contributed by atoms with Gasteiger partial charge in [0, 0.05) is 45.7 Å². The van der Waals surface area contributed by atoms with Gasteiger partial charge in [-0.05, 0) is 19.8 Å². The van der Waals surface area contributed by atoms with Crippen LogP contribution in [0.3, 0.4) is 0 Å². The normalized spacial score (nSPS) is 15.2. The number of rotatable bonds is 4. The van der Waals surface area contributed by atoms with Gasteiger partial charge in [-0.25, -0.2) is 9.97 Å². The lowest BCUT2D eigenvalue weighted by molar-refractivity contribution is 0.104. The fourth-order valence-electron chi connectivity index (χ4n) is 2.07. The molecule has 1 aliphatic rings. The molecule has 1 saturated heterocycles. The second-order valence-electron chi connectivity index (χ2n) is 5.01. The van der Waals surface area contributed by atoms with Gasteiger partial charge in [0.15, 0.2) is 5.78 Å². The van der Waals surface area contributed by atoms with Gasteiger partial charge in [0.05, 0.1) is 11.3 Å². The van der Waals surface area contributed by atoms with Crippen molar-refractivity contribution in [2.75, 3.05) is 32.1 Å². The summed E-state index contributed by atoms with van der Waals surface area (Å²) in [6.07, 6.45) is 7.29. The molecule has 1 fully saturated rings. The number of aryl methyl sites for hydroxylation is 1. The number of hydrogen-bond donors (Lipinski definition) is 0. The van der Waals surface area contributed by atoms with Crippen LogP contribution in [0.15, 0.2) is 18.5 Å². The molecule has 0 N–H and O–H groups in total. The number of hydrogen-bond acceptors (Lipinski definition) is 5. The van der Waals surface area contributed by atoms with Crippen LogP contribution in [0.5, 0.6) is 0 Å². The molecule has 102 valence electrons. The summed E-state index contributed by atoms with van der Waals surface area (Å²) in [7, 11) is 3.76. The summed E-state index contributed by atoms with van der Waals surface area (Å²) in [6.45, 7) is 3.87. The lowest BCUT2D eigenvalue weighted by atomic mass is 10.1. The first kappa shape index (κ1) is 13.5. The molecule has 1 aliphatic heterocycles. The molecule has 2 rings (SSSR count). The Balaban J connectivity index is 2.16. The molecule has 5 heteroatoms. The number of nitrogens with zero attached hydrogens (tertiary/aromatic N) is 4. The maximum Gasteiger partial charge on any atom is 0.225 e. The Kier molecular flexibility index (Phi) is 4.14. The molecule has 0 amide bonds. The van der Waals surface area contributed by atoms with Crippen molar-refractivity contribution in [3.63, 3.8) is 0 Å². The van der Waals surface area contributed by atoms with Crippen LogP contribution in [0.4, 0.5) is 5.95 Å². The Morgan fingerprint density at radius 2 is 2.05 bits per heavy atom. The largest absolute Gasteiger partial charge is 0.383 e. The fourth-order valence-corrected chi connectivity index (χ4v) is 2.07. The molecule has 0 aliphatic carbocycles. The number of anilines is 1. The fraction of sp³-hybridized carbons (Fsp3) is 0.500. The van der Waals surface area contributed by atoms with E-state index in [1.807, 2.05) is 25.9 Å². The summed E-state index contributed by atoms with van der Waals surface area (Å²) < 4.78 is 0. The Hall–Kier alpha value is -1.91. The highest BCUT2D eigenvalue weighted by molar-refractivity contribution is 6.05. The van der Waals surface area contributed by atoms with Gasteiger partial charge in [0.1, 0.15) is 0 Å². The third-order valence-electron chi connectivity index (χ3n) is 3.15. The highest BCUT2D eigenvalue weighted by Gasteiger charge is 2.16. The molecular weight excluding hydrogens is 240 g/mol. The average molecular weight is 260 g/mol. The third kappa shape index (κ3) is 3.30. The third-order valence-corrected chi connectivity index (χ3v) is 3.15. The van der Waals surface area contributed by atoms with Crippen LogP contribution >= 0.6 is 0 Å². The smallest absolute Gasteiger partial charge is 0.225 e. The van der Waals surface area contributed by atoms with Gasteiger partial charge in [-0.15, -0.1) is 0 Å². The zero-order valence-corrected chi connectivity index (χ0v) is 11.8. The predicted octanol–water partition coefficient (Wildman–Crippen LogP) is 1.64. The van der Waals surface area contributed by atoms with E-state index in [9.17, 15) is 4.79 Å². The summed E-state index contributed by atoms with van der Waals surface area (Å²) >= 11 is 0. The Morgan fingerprint density at radius 1 is 1.37 bits per heavy atom. The van der Waals surface area contributed by atoms with E-state index in [-0.39, 0.29) is 5.78 Å². The number of allylic oxidation sites excluding steroid dienone is 1. The van der Waals surface area contributed by atoms with Crippen molar-refractivity contribution in [3.05, 3.63) is 29.7 Å². The molecule has 0 spiro atoms. The lowest BCUT2D eigenvalue weighted by Crippen LogP contribution is -2.21. The SMILES string of the molecule is Cc1nc(N2CCCC2)ncc1C(=O)C=CN(C)C. The zero-order chi connectivity index (χ0) is 13.8. The number of carbonyl (C=O) groups excluding carboxylic acids is 1. The maximum atomic E-state index is 12.0. The first-order valence-electron chi connectivity index (χ1n) is 6.55. The second kappa shape index (κ2) is 5.82. The Labute approximate surface area is 114 Å². The maximum absolute atomic E-state index is 12.0. The van der Waals surface area contributed by atoms with Crippen molar-refractivity contribution >= 4 is 11.7 Å². The standard InChI is InChI=1S/C14H20N4O/c1-11-12(13(19)6-9-17(2)3)10-15-14(16-11)18-7-4-5-8-18/h6,9-10H,4-5,7-8H2,1-3H3. The summed E-state index contributed by atoms with van der Waals surface area (Å²) in [4.78, 5) is 24.8. The first-order chi connectivity index (χ1) is 9.08. The van der Waals surface area contributed by atoms with Crippen molar-refractivity contribution in [3.8, 4) is 0 Å². The second-order valence-corrected chi connectivity index (χ2v) is 5.01.